The summed E-state index contributed by atoms with van der Waals surface area (Å²) in [6.07, 6.45) is -0.656. The zero-order valence-electron chi connectivity index (χ0n) is 13.7. The van der Waals surface area contributed by atoms with E-state index in [1.165, 1.54) is 0 Å². The molecule has 1 heterocycles. The highest BCUT2D eigenvalue weighted by Crippen LogP contribution is 2.13. The van der Waals surface area contributed by atoms with Gasteiger partial charge in [0.25, 0.3) is 0 Å². The van der Waals surface area contributed by atoms with Crippen LogP contribution in [0.2, 0.25) is 0 Å². The number of nitrogens with zero attached hydrogens (tertiary/aromatic N) is 1. The van der Waals surface area contributed by atoms with Crippen molar-refractivity contribution in [1.29, 1.82) is 0 Å². The number of anilines is 1. The fraction of sp³-hybridized carbons (Fsp3) is 0.167. The first-order valence-corrected chi connectivity index (χ1v) is 7.84. The third-order valence-electron chi connectivity index (χ3n) is 3.57. The lowest BCUT2D eigenvalue weighted by Crippen LogP contribution is -2.42. The molecule has 0 bridgehead atoms. The van der Waals surface area contributed by atoms with Gasteiger partial charge in [-0.25, -0.2) is 9.78 Å². The Hall–Kier alpha value is -3.35. The van der Waals surface area contributed by atoms with E-state index in [2.05, 4.69) is 20.6 Å². The van der Waals surface area contributed by atoms with Crippen LogP contribution >= 0.6 is 0 Å². The first-order valence-electron chi connectivity index (χ1n) is 7.84. The Morgan fingerprint density at radius 3 is 2.60 bits per heavy atom. The zero-order valence-corrected chi connectivity index (χ0v) is 13.7. The average molecular weight is 338 g/mol. The second-order valence-corrected chi connectivity index (χ2v) is 5.52. The summed E-state index contributed by atoms with van der Waals surface area (Å²) in [5.74, 6) is -0.0618. The normalized spacial score (nSPS) is 11.7. The van der Waals surface area contributed by atoms with E-state index in [-0.39, 0.29) is 6.61 Å². The van der Waals surface area contributed by atoms with Gasteiger partial charge in [-0.3, -0.25) is 10.1 Å². The summed E-state index contributed by atoms with van der Waals surface area (Å²) in [6.45, 7) is 1.71. The predicted octanol–water partition coefficient (Wildman–Crippen LogP) is 2.82. The number of alkyl carbamates (subject to hydrolysis) is 1. The number of amides is 2. The van der Waals surface area contributed by atoms with Crippen molar-refractivity contribution in [3.63, 3.8) is 0 Å². The van der Waals surface area contributed by atoms with Crippen LogP contribution in [0, 0.1) is 0 Å². The third kappa shape index (κ3) is 4.35. The first-order chi connectivity index (χ1) is 12.1. The molecule has 0 aliphatic heterocycles. The van der Waals surface area contributed by atoms with E-state index in [4.69, 9.17) is 4.74 Å². The molecule has 3 N–H and O–H groups in total. The molecule has 1 aromatic heterocycles. The molecule has 0 saturated carbocycles. The number of ether oxygens (including phenoxy) is 1. The van der Waals surface area contributed by atoms with Crippen LogP contribution in [0.15, 0.2) is 54.6 Å². The molecule has 2 amide bonds. The number of hydrogen-bond donors (Lipinski definition) is 3. The number of aromatic amines is 1. The second kappa shape index (κ2) is 7.48. The predicted molar refractivity (Wildman–Crippen MR) is 93.9 cm³/mol. The Morgan fingerprint density at radius 2 is 1.84 bits per heavy atom. The Balaban J connectivity index is 1.50. The van der Waals surface area contributed by atoms with Gasteiger partial charge >= 0.3 is 6.09 Å². The van der Waals surface area contributed by atoms with Crippen molar-refractivity contribution in [1.82, 2.24) is 15.3 Å². The van der Waals surface area contributed by atoms with Crippen molar-refractivity contribution in [2.75, 3.05) is 5.32 Å². The van der Waals surface area contributed by atoms with Crippen LogP contribution < -0.4 is 10.6 Å². The number of rotatable bonds is 5. The van der Waals surface area contributed by atoms with Crippen LogP contribution in [-0.4, -0.2) is 28.0 Å². The van der Waals surface area contributed by atoms with Gasteiger partial charge in [0, 0.05) is 0 Å². The summed E-state index contributed by atoms with van der Waals surface area (Å²) >= 11 is 0. The standard InChI is InChI=1S/C18H18N4O3/c1-12(19-18(24)25-11-13-7-3-2-4-8-13)16(23)22-17-20-14-9-5-6-10-15(14)21-17/h2-10,12H,11H2,1H3,(H,19,24)(H2,20,21,22,23)/t12-/m0/s1. The van der Waals surface area contributed by atoms with E-state index >= 15 is 0 Å². The Bertz CT molecular complexity index is 843. The number of carbonyl (C=O) groups is 2. The molecular weight excluding hydrogens is 320 g/mol. The lowest BCUT2D eigenvalue weighted by Gasteiger charge is -2.13. The maximum Gasteiger partial charge on any atom is 0.408 e. The van der Waals surface area contributed by atoms with Gasteiger partial charge in [0.15, 0.2) is 0 Å². The number of imidazole rings is 1. The fourth-order valence-electron chi connectivity index (χ4n) is 2.24. The lowest BCUT2D eigenvalue weighted by molar-refractivity contribution is -0.117. The molecule has 3 aromatic rings. The maximum atomic E-state index is 12.2. The molecule has 0 unspecified atom stereocenters. The van der Waals surface area contributed by atoms with Crippen molar-refractivity contribution in [3.8, 4) is 0 Å². The summed E-state index contributed by atoms with van der Waals surface area (Å²) in [4.78, 5) is 31.2. The highest BCUT2D eigenvalue weighted by molar-refractivity contribution is 5.96. The van der Waals surface area contributed by atoms with Gasteiger partial charge in [-0.05, 0) is 24.6 Å². The molecule has 0 aliphatic rings. The highest BCUT2D eigenvalue weighted by Gasteiger charge is 2.17. The monoisotopic (exact) mass is 338 g/mol. The van der Waals surface area contributed by atoms with E-state index in [9.17, 15) is 9.59 Å². The highest BCUT2D eigenvalue weighted by atomic mass is 16.5. The minimum Gasteiger partial charge on any atom is -0.445 e. The Morgan fingerprint density at radius 1 is 1.12 bits per heavy atom. The number of fused-ring (bicyclic) bond motifs is 1. The second-order valence-electron chi connectivity index (χ2n) is 5.52. The third-order valence-corrected chi connectivity index (χ3v) is 3.57. The lowest BCUT2D eigenvalue weighted by atomic mass is 10.2. The summed E-state index contributed by atoms with van der Waals surface area (Å²) in [5, 5.41) is 5.12. The number of benzene rings is 2. The van der Waals surface area contributed by atoms with E-state index in [1.807, 2.05) is 54.6 Å². The van der Waals surface area contributed by atoms with Crippen molar-refractivity contribution >= 4 is 29.0 Å². The van der Waals surface area contributed by atoms with Crippen molar-refractivity contribution in [2.45, 2.75) is 19.6 Å². The molecule has 7 heteroatoms. The van der Waals surface area contributed by atoms with Gasteiger partial charge < -0.3 is 15.0 Å². The summed E-state index contributed by atoms with van der Waals surface area (Å²) < 4.78 is 5.09. The van der Waals surface area contributed by atoms with Crippen LogP contribution in [0.25, 0.3) is 11.0 Å². The van der Waals surface area contributed by atoms with Gasteiger partial charge in [0.2, 0.25) is 11.9 Å². The maximum absolute atomic E-state index is 12.2. The van der Waals surface area contributed by atoms with E-state index in [1.54, 1.807) is 6.92 Å². The van der Waals surface area contributed by atoms with Crippen LogP contribution in [0.5, 0.6) is 0 Å². The SMILES string of the molecule is C[C@H](NC(=O)OCc1ccccc1)C(=O)Nc1nc2ccccc2[nH]1. The Kier molecular flexibility index (Phi) is 4.94. The summed E-state index contributed by atoms with van der Waals surface area (Å²) in [7, 11) is 0. The number of hydrogen-bond acceptors (Lipinski definition) is 4. The van der Waals surface area contributed by atoms with E-state index < -0.39 is 18.0 Å². The number of para-hydroxylation sites is 2. The van der Waals surface area contributed by atoms with Crippen molar-refractivity contribution in [2.24, 2.45) is 0 Å². The van der Waals surface area contributed by atoms with Crippen molar-refractivity contribution in [3.05, 3.63) is 60.2 Å². The molecule has 7 nitrogen and oxygen atoms in total. The first kappa shape index (κ1) is 16.5. The molecule has 0 saturated heterocycles. The number of aromatic nitrogens is 2. The van der Waals surface area contributed by atoms with Gasteiger partial charge in [0.05, 0.1) is 11.0 Å². The molecule has 0 spiro atoms. The number of carbonyl (C=O) groups excluding carboxylic acids is 2. The topological polar surface area (TPSA) is 96.1 Å². The largest absolute Gasteiger partial charge is 0.445 e. The molecule has 3 rings (SSSR count). The van der Waals surface area contributed by atoms with Gasteiger partial charge in [-0.2, -0.15) is 0 Å². The van der Waals surface area contributed by atoms with E-state index in [0.29, 0.717) is 5.95 Å². The molecule has 2 aromatic carbocycles. The Labute approximate surface area is 144 Å². The minimum atomic E-state index is -0.767. The molecule has 0 aliphatic carbocycles. The van der Waals surface area contributed by atoms with E-state index in [0.717, 1.165) is 16.6 Å². The average Bonchev–Trinajstić information content (AvgIpc) is 3.03. The molecular formula is C18H18N4O3. The number of H-pyrrole nitrogens is 1. The quantitative estimate of drug-likeness (QED) is 0.666. The van der Waals surface area contributed by atoms with Gasteiger partial charge in [0.1, 0.15) is 12.6 Å². The number of nitrogens with one attached hydrogen (secondary N) is 3. The fourth-order valence-corrected chi connectivity index (χ4v) is 2.24. The van der Waals surface area contributed by atoms with Crippen LogP contribution in [0.1, 0.15) is 12.5 Å². The zero-order chi connectivity index (χ0) is 17.6. The molecule has 0 fully saturated rings. The van der Waals surface area contributed by atoms with Crippen LogP contribution in [0.3, 0.4) is 0 Å². The molecule has 25 heavy (non-hydrogen) atoms. The molecule has 128 valence electrons. The molecule has 0 radical (unpaired) electrons. The smallest absolute Gasteiger partial charge is 0.408 e. The van der Waals surface area contributed by atoms with Crippen LogP contribution in [-0.2, 0) is 16.1 Å². The summed E-state index contributed by atoms with van der Waals surface area (Å²) in [5.41, 5.74) is 2.44. The van der Waals surface area contributed by atoms with Crippen molar-refractivity contribution < 1.29 is 14.3 Å². The van der Waals surface area contributed by atoms with Gasteiger partial charge in [-0.15, -0.1) is 0 Å². The molecule has 1 atom stereocenters. The van der Waals surface area contributed by atoms with Crippen LogP contribution in [0.4, 0.5) is 10.7 Å². The van der Waals surface area contributed by atoms with Gasteiger partial charge in [-0.1, -0.05) is 42.5 Å². The minimum absolute atomic E-state index is 0.143. The summed E-state index contributed by atoms with van der Waals surface area (Å²) in [6, 6.07) is 16.0.